The molecule has 0 aliphatic carbocycles. The largest absolute Gasteiger partial charge is 0.326 e. The van der Waals surface area contributed by atoms with Crippen molar-refractivity contribution in [3.05, 3.63) is 30.1 Å². The quantitative estimate of drug-likeness (QED) is 0.905. The Kier molecular flexibility index (Phi) is 5.15. The van der Waals surface area contributed by atoms with Gasteiger partial charge in [-0.2, -0.15) is 17.0 Å². The highest BCUT2D eigenvalue weighted by molar-refractivity contribution is 7.86. The first kappa shape index (κ1) is 16.9. The maximum atomic E-state index is 13.1. The predicted octanol–water partition coefficient (Wildman–Crippen LogP) is 1.28. The average molecular weight is 329 g/mol. The van der Waals surface area contributed by atoms with Gasteiger partial charge in [0, 0.05) is 32.9 Å². The summed E-state index contributed by atoms with van der Waals surface area (Å²) in [5.74, 6) is -1.16. The Morgan fingerprint density at radius 2 is 2.14 bits per heavy atom. The first-order chi connectivity index (χ1) is 10.3. The summed E-state index contributed by atoms with van der Waals surface area (Å²) < 4.78 is 39.8. The maximum Gasteiger partial charge on any atom is 0.281 e. The molecule has 1 amide bonds. The standard InChI is InChI=1S/C14H20FN3O3S/c1-17(2)22(20,21)18-8-4-5-11(10-18)14(19)16-13-7-3-6-12(15)9-13/h3,6-7,9,11H,4-5,8,10H2,1-2H3,(H,16,19)/t11-/m0/s1. The van der Waals surface area contributed by atoms with Crippen LogP contribution in [0.4, 0.5) is 10.1 Å². The molecule has 0 spiro atoms. The van der Waals surface area contributed by atoms with Crippen LogP contribution < -0.4 is 5.32 Å². The molecular formula is C14H20FN3O3S. The molecule has 0 unspecified atom stereocenters. The number of halogens is 1. The van der Waals surface area contributed by atoms with Crippen LogP contribution in [0.5, 0.6) is 0 Å². The molecule has 8 heteroatoms. The Balaban J connectivity index is 2.04. The van der Waals surface area contributed by atoms with Crippen LogP contribution in [0.2, 0.25) is 0 Å². The molecule has 2 rings (SSSR count). The number of nitrogens with zero attached hydrogens (tertiary/aromatic N) is 2. The van der Waals surface area contributed by atoms with Crippen molar-refractivity contribution >= 4 is 21.8 Å². The molecule has 0 saturated carbocycles. The third kappa shape index (κ3) is 3.82. The van der Waals surface area contributed by atoms with E-state index in [-0.39, 0.29) is 12.5 Å². The molecular weight excluding hydrogens is 309 g/mol. The summed E-state index contributed by atoms with van der Waals surface area (Å²) in [4.78, 5) is 12.3. The summed E-state index contributed by atoms with van der Waals surface area (Å²) >= 11 is 0. The fourth-order valence-electron chi connectivity index (χ4n) is 2.41. The highest BCUT2D eigenvalue weighted by atomic mass is 32.2. The molecule has 1 aliphatic rings. The number of hydrogen-bond donors (Lipinski definition) is 1. The molecule has 1 aromatic rings. The molecule has 0 aromatic heterocycles. The predicted molar refractivity (Wildman–Crippen MR) is 81.9 cm³/mol. The van der Waals surface area contributed by atoms with Crippen LogP contribution in [0.3, 0.4) is 0 Å². The summed E-state index contributed by atoms with van der Waals surface area (Å²) in [6.07, 6.45) is 1.23. The van der Waals surface area contributed by atoms with Crippen molar-refractivity contribution in [2.24, 2.45) is 5.92 Å². The van der Waals surface area contributed by atoms with E-state index in [1.165, 1.54) is 36.6 Å². The lowest BCUT2D eigenvalue weighted by atomic mass is 9.99. The Labute approximate surface area is 130 Å². The zero-order valence-electron chi connectivity index (χ0n) is 12.6. The second kappa shape index (κ2) is 6.72. The topological polar surface area (TPSA) is 69.7 Å². The number of benzene rings is 1. The summed E-state index contributed by atoms with van der Waals surface area (Å²) in [7, 11) is -0.591. The minimum atomic E-state index is -3.52. The highest BCUT2D eigenvalue weighted by Crippen LogP contribution is 2.22. The van der Waals surface area contributed by atoms with E-state index < -0.39 is 21.9 Å². The summed E-state index contributed by atoms with van der Waals surface area (Å²) in [5, 5.41) is 2.64. The lowest BCUT2D eigenvalue weighted by Gasteiger charge is -2.32. The average Bonchev–Trinajstić information content (AvgIpc) is 2.47. The van der Waals surface area contributed by atoms with Crippen molar-refractivity contribution in [1.29, 1.82) is 0 Å². The first-order valence-electron chi connectivity index (χ1n) is 7.05. The Bertz CT molecular complexity index is 648. The van der Waals surface area contributed by atoms with Crippen molar-refractivity contribution in [1.82, 2.24) is 8.61 Å². The fraction of sp³-hybridized carbons (Fsp3) is 0.500. The van der Waals surface area contributed by atoms with Gasteiger partial charge in [-0.05, 0) is 31.0 Å². The number of amides is 1. The van der Waals surface area contributed by atoms with E-state index in [4.69, 9.17) is 0 Å². The van der Waals surface area contributed by atoms with Crippen LogP contribution in [-0.4, -0.2) is 50.1 Å². The normalized spacial score (nSPS) is 20.1. The van der Waals surface area contributed by atoms with Gasteiger partial charge in [-0.15, -0.1) is 0 Å². The van der Waals surface area contributed by atoms with E-state index in [1.807, 2.05) is 0 Å². The zero-order chi connectivity index (χ0) is 16.3. The van der Waals surface area contributed by atoms with Gasteiger partial charge in [-0.3, -0.25) is 4.79 Å². The highest BCUT2D eigenvalue weighted by Gasteiger charge is 2.33. The Morgan fingerprint density at radius 1 is 1.41 bits per heavy atom. The van der Waals surface area contributed by atoms with E-state index >= 15 is 0 Å². The molecule has 1 fully saturated rings. The molecule has 122 valence electrons. The van der Waals surface area contributed by atoms with E-state index in [1.54, 1.807) is 6.07 Å². The van der Waals surface area contributed by atoms with Gasteiger partial charge in [0.25, 0.3) is 10.2 Å². The number of anilines is 1. The minimum absolute atomic E-state index is 0.141. The minimum Gasteiger partial charge on any atom is -0.326 e. The Morgan fingerprint density at radius 3 is 2.77 bits per heavy atom. The van der Waals surface area contributed by atoms with Gasteiger partial charge >= 0.3 is 0 Å². The number of rotatable bonds is 4. The monoisotopic (exact) mass is 329 g/mol. The van der Waals surface area contributed by atoms with Crippen LogP contribution in [0, 0.1) is 11.7 Å². The van der Waals surface area contributed by atoms with Crippen molar-refractivity contribution < 1.29 is 17.6 Å². The van der Waals surface area contributed by atoms with Gasteiger partial charge in [0.2, 0.25) is 5.91 Å². The summed E-state index contributed by atoms with van der Waals surface area (Å²) in [5.41, 5.74) is 0.373. The zero-order valence-corrected chi connectivity index (χ0v) is 13.4. The van der Waals surface area contributed by atoms with Crippen LogP contribution in [0.15, 0.2) is 24.3 Å². The van der Waals surface area contributed by atoms with Crippen molar-refractivity contribution in [2.75, 3.05) is 32.5 Å². The molecule has 0 bridgehead atoms. The summed E-state index contributed by atoms with van der Waals surface area (Å²) in [6.45, 7) is 0.548. The van der Waals surface area contributed by atoms with Gasteiger partial charge in [0.1, 0.15) is 5.82 Å². The van der Waals surface area contributed by atoms with Crippen LogP contribution in [0.25, 0.3) is 0 Å². The molecule has 1 aromatic carbocycles. The number of hydrogen-bond acceptors (Lipinski definition) is 3. The molecule has 6 nitrogen and oxygen atoms in total. The number of piperidine rings is 1. The number of nitrogens with one attached hydrogen (secondary N) is 1. The molecule has 1 N–H and O–H groups in total. The number of carbonyl (C=O) groups excluding carboxylic acids is 1. The Hall–Kier alpha value is -1.51. The van der Waals surface area contributed by atoms with Crippen LogP contribution in [0.1, 0.15) is 12.8 Å². The van der Waals surface area contributed by atoms with Crippen LogP contribution >= 0.6 is 0 Å². The molecule has 0 radical (unpaired) electrons. The maximum absolute atomic E-state index is 13.1. The van der Waals surface area contributed by atoms with Gasteiger partial charge in [-0.25, -0.2) is 4.39 Å². The van der Waals surface area contributed by atoms with Gasteiger partial charge in [0.15, 0.2) is 0 Å². The van der Waals surface area contributed by atoms with E-state index in [0.717, 1.165) is 4.31 Å². The second-order valence-corrected chi connectivity index (χ2v) is 7.63. The SMILES string of the molecule is CN(C)S(=O)(=O)N1CCC[C@H](C(=O)Nc2cccc(F)c2)C1. The van der Waals surface area contributed by atoms with Gasteiger partial charge in [0.05, 0.1) is 5.92 Å². The van der Waals surface area contributed by atoms with Crippen molar-refractivity contribution in [3.63, 3.8) is 0 Å². The summed E-state index contributed by atoms with van der Waals surface area (Å²) in [6, 6.07) is 5.63. The number of carbonyl (C=O) groups is 1. The third-order valence-corrected chi connectivity index (χ3v) is 5.54. The lowest BCUT2D eigenvalue weighted by Crippen LogP contribution is -2.47. The van der Waals surface area contributed by atoms with Crippen molar-refractivity contribution in [3.8, 4) is 0 Å². The molecule has 1 aliphatic heterocycles. The third-order valence-electron chi connectivity index (χ3n) is 3.63. The first-order valence-corrected chi connectivity index (χ1v) is 8.44. The lowest BCUT2D eigenvalue weighted by molar-refractivity contribution is -0.120. The fourth-order valence-corrected chi connectivity index (χ4v) is 3.60. The molecule has 22 heavy (non-hydrogen) atoms. The van der Waals surface area contributed by atoms with E-state index in [0.29, 0.717) is 25.1 Å². The van der Waals surface area contributed by atoms with E-state index in [9.17, 15) is 17.6 Å². The molecule has 1 saturated heterocycles. The molecule has 1 atom stereocenters. The smallest absolute Gasteiger partial charge is 0.281 e. The van der Waals surface area contributed by atoms with E-state index in [2.05, 4.69) is 5.32 Å². The van der Waals surface area contributed by atoms with Gasteiger partial charge < -0.3 is 5.32 Å². The second-order valence-electron chi connectivity index (χ2n) is 5.49. The molecule has 1 heterocycles. The van der Waals surface area contributed by atoms with Crippen LogP contribution in [-0.2, 0) is 15.0 Å². The van der Waals surface area contributed by atoms with Gasteiger partial charge in [-0.1, -0.05) is 6.07 Å². The van der Waals surface area contributed by atoms with Crippen molar-refractivity contribution in [2.45, 2.75) is 12.8 Å².